The van der Waals surface area contributed by atoms with Crippen molar-refractivity contribution in [3.8, 4) is 5.75 Å². The fourth-order valence-corrected chi connectivity index (χ4v) is 3.03. The Bertz CT molecular complexity index is 424. The predicted octanol–water partition coefficient (Wildman–Crippen LogP) is 3.98. The molecule has 1 N–H and O–H groups in total. The van der Waals surface area contributed by atoms with Crippen LogP contribution in [0, 0.1) is 13.8 Å². The largest absolute Gasteiger partial charge is 0.496 e. The number of rotatable bonds is 6. The van der Waals surface area contributed by atoms with Crippen LogP contribution in [0.4, 0.5) is 0 Å². The van der Waals surface area contributed by atoms with Crippen molar-refractivity contribution in [2.24, 2.45) is 0 Å². The fraction of sp³-hybridized carbons (Fsp3) is 0.647. The van der Waals surface area contributed by atoms with Gasteiger partial charge in [0.05, 0.1) is 7.11 Å². The van der Waals surface area contributed by atoms with E-state index < -0.39 is 0 Å². The lowest BCUT2D eigenvalue weighted by atomic mass is 9.76. The predicted molar refractivity (Wildman–Crippen MR) is 83.2 cm³/mol. The van der Waals surface area contributed by atoms with E-state index in [1.807, 2.05) is 0 Å². The van der Waals surface area contributed by atoms with Gasteiger partial charge in [-0.15, -0.1) is 0 Å². The van der Waals surface area contributed by atoms with Crippen LogP contribution in [-0.2, 0) is 5.41 Å². The topological polar surface area (TPSA) is 21.3 Å². The summed E-state index contributed by atoms with van der Waals surface area (Å²) in [5, 5.41) is 3.50. The highest BCUT2D eigenvalue weighted by Crippen LogP contribution is 2.34. The highest BCUT2D eigenvalue weighted by Gasteiger charge is 2.25. The zero-order valence-corrected chi connectivity index (χ0v) is 13.6. The molecule has 0 radical (unpaired) electrons. The summed E-state index contributed by atoms with van der Waals surface area (Å²) in [7, 11) is 1.74. The minimum atomic E-state index is 0.169. The molecule has 0 bridgehead atoms. The molecule has 1 atom stereocenters. The minimum absolute atomic E-state index is 0.169. The van der Waals surface area contributed by atoms with E-state index >= 15 is 0 Å². The first-order chi connectivity index (χ1) is 8.81. The molecular formula is C17H29NO. The average molecular weight is 263 g/mol. The number of methoxy groups -OCH3 is 1. The average Bonchev–Trinajstić information content (AvgIpc) is 2.30. The highest BCUT2D eigenvalue weighted by atomic mass is 16.5. The molecule has 0 saturated carbocycles. The quantitative estimate of drug-likeness (QED) is 0.838. The summed E-state index contributed by atoms with van der Waals surface area (Å²) < 4.78 is 5.40. The molecule has 0 spiro atoms. The molecule has 1 rings (SSSR count). The molecule has 108 valence electrons. The van der Waals surface area contributed by atoms with Crippen molar-refractivity contribution in [1.82, 2.24) is 5.32 Å². The molecule has 2 heteroatoms. The molecule has 0 aliphatic carbocycles. The Morgan fingerprint density at radius 1 is 1.21 bits per heavy atom. The Morgan fingerprint density at radius 2 is 1.84 bits per heavy atom. The van der Waals surface area contributed by atoms with Crippen LogP contribution in [-0.4, -0.2) is 19.7 Å². The highest BCUT2D eigenvalue weighted by molar-refractivity contribution is 5.44. The molecule has 0 fully saturated rings. The summed E-state index contributed by atoms with van der Waals surface area (Å²) in [5.74, 6) is 0.983. The lowest BCUT2D eigenvalue weighted by Gasteiger charge is -2.31. The number of hydrogen-bond acceptors (Lipinski definition) is 2. The Hall–Kier alpha value is -1.02. The van der Waals surface area contributed by atoms with E-state index in [9.17, 15) is 0 Å². The molecule has 2 nitrogen and oxygen atoms in total. The van der Waals surface area contributed by atoms with Gasteiger partial charge in [0, 0.05) is 6.04 Å². The van der Waals surface area contributed by atoms with Crippen LogP contribution in [0.2, 0.25) is 0 Å². The molecule has 1 unspecified atom stereocenters. The van der Waals surface area contributed by atoms with Crippen LogP contribution in [0.5, 0.6) is 5.75 Å². The number of hydrogen-bond donors (Lipinski definition) is 1. The van der Waals surface area contributed by atoms with Gasteiger partial charge < -0.3 is 10.1 Å². The van der Waals surface area contributed by atoms with Crippen molar-refractivity contribution >= 4 is 0 Å². The standard InChI is InChI=1S/C17H29NO/c1-8-18-14(4)11-17(5,6)15-9-13(3)16(19-7)10-12(15)2/h9-10,14,18H,8,11H2,1-7H3. The summed E-state index contributed by atoms with van der Waals surface area (Å²) in [6, 6.07) is 4.97. The van der Waals surface area contributed by atoms with Gasteiger partial charge in [-0.05, 0) is 61.9 Å². The van der Waals surface area contributed by atoms with Crippen LogP contribution >= 0.6 is 0 Å². The van der Waals surface area contributed by atoms with E-state index in [1.165, 1.54) is 16.7 Å². The third-order valence-electron chi connectivity index (χ3n) is 3.84. The van der Waals surface area contributed by atoms with Crippen molar-refractivity contribution in [2.45, 2.75) is 59.4 Å². The summed E-state index contributed by atoms with van der Waals surface area (Å²) in [6.45, 7) is 14.4. The van der Waals surface area contributed by atoms with Gasteiger partial charge in [0.1, 0.15) is 5.75 Å². The number of aryl methyl sites for hydroxylation is 2. The van der Waals surface area contributed by atoms with E-state index in [-0.39, 0.29) is 5.41 Å². The molecule has 1 aromatic rings. The van der Waals surface area contributed by atoms with Crippen molar-refractivity contribution in [3.63, 3.8) is 0 Å². The van der Waals surface area contributed by atoms with Gasteiger partial charge in [-0.25, -0.2) is 0 Å². The van der Waals surface area contributed by atoms with Crippen LogP contribution in [0.3, 0.4) is 0 Å². The van der Waals surface area contributed by atoms with Crippen LogP contribution in [0.1, 0.15) is 50.8 Å². The lowest BCUT2D eigenvalue weighted by molar-refractivity contribution is 0.389. The third-order valence-corrected chi connectivity index (χ3v) is 3.84. The molecule has 0 amide bonds. The summed E-state index contributed by atoms with van der Waals surface area (Å²) in [5.41, 5.74) is 4.13. The molecule has 0 aliphatic rings. The molecule has 0 heterocycles. The van der Waals surface area contributed by atoms with Gasteiger partial charge in [-0.2, -0.15) is 0 Å². The van der Waals surface area contributed by atoms with Crippen molar-refractivity contribution in [3.05, 3.63) is 28.8 Å². The maximum absolute atomic E-state index is 5.40. The van der Waals surface area contributed by atoms with E-state index in [1.54, 1.807) is 7.11 Å². The van der Waals surface area contributed by atoms with Gasteiger partial charge in [-0.1, -0.05) is 26.8 Å². The Balaban J connectivity index is 3.03. The molecule has 0 aliphatic heterocycles. The Morgan fingerprint density at radius 3 is 2.37 bits per heavy atom. The second-order valence-corrected chi connectivity index (χ2v) is 6.18. The zero-order chi connectivity index (χ0) is 14.6. The molecule has 0 saturated heterocycles. The smallest absolute Gasteiger partial charge is 0.122 e. The zero-order valence-electron chi connectivity index (χ0n) is 13.6. The normalized spacial score (nSPS) is 13.4. The molecular weight excluding hydrogens is 234 g/mol. The Kier molecular flexibility index (Phi) is 5.42. The van der Waals surface area contributed by atoms with Gasteiger partial charge in [0.25, 0.3) is 0 Å². The van der Waals surface area contributed by atoms with E-state index in [4.69, 9.17) is 4.74 Å². The first-order valence-electron chi connectivity index (χ1n) is 7.21. The van der Waals surface area contributed by atoms with Crippen molar-refractivity contribution < 1.29 is 4.74 Å². The van der Waals surface area contributed by atoms with E-state index in [0.717, 1.165) is 18.7 Å². The fourth-order valence-electron chi connectivity index (χ4n) is 3.03. The summed E-state index contributed by atoms with van der Waals surface area (Å²) in [4.78, 5) is 0. The summed E-state index contributed by atoms with van der Waals surface area (Å²) in [6.07, 6.45) is 1.13. The summed E-state index contributed by atoms with van der Waals surface area (Å²) >= 11 is 0. The van der Waals surface area contributed by atoms with Crippen LogP contribution in [0.15, 0.2) is 12.1 Å². The van der Waals surface area contributed by atoms with Gasteiger partial charge in [0.2, 0.25) is 0 Å². The Labute approximate surface area is 118 Å². The van der Waals surface area contributed by atoms with Crippen molar-refractivity contribution in [1.29, 1.82) is 0 Å². The van der Waals surface area contributed by atoms with E-state index in [2.05, 4.69) is 59.0 Å². The molecule has 19 heavy (non-hydrogen) atoms. The van der Waals surface area contributed by atoms with Gasteiger partial charge in [0.15, 0.2) is 0 Å². The molecule has 1 aromatic carbocycles. The minimum Gasteiger partial charge on any atom is -0.496 e. The first-order valence-corrected chi connectivity index (χ1v) is 7.21. The second-order valence-electron chi connectivity index (χ2n) is 6.18. The number of nitrogens with one attached hydrogen (secondary N) is 1. The van der Waals surface area contributed by atoms with Crippen LogP contribution < -0.4 is 10.1 Å². The number of ether oxygens (including phenoxy) is 1. The van der Waals surface area contributed by atoms with Gasteiger partial charge in [-0.3, -0.25) is 0 Å². The SMILES string of the molecule is CCNC(C)CC(C)(C)c1cc(C)c(OC)cc1C. The second kappa shape index (κ2) is 6.42. The monoisotopic (exact) mass is 263 g/mol. The van der Waals surface area contributed by atoms with Crippen molar-refractivity contribution in [2.75, 3.05) is 13.7 Å². The maximum Gasteiger partial charge on any atom is 0.122 e. The lowest BCUT2D eigenvalue weighted by Crippen LogP contribution is -2.33. The third kappa shape index (κ3) is 3.97. The maximum atomic E-state index is 5.40. The molecule has 0 aromatic heterocycles. The van der Waals surface area contributed by atoms with Gasteiger partial charge >= 0.3 is 0 Å². The number of benzene rings is 1. The van der Waals surface area contributed by atoms with Crippen LogP contribution in [0.25, 0.3) is 0 Å². The first kappa shape index (κ1) is 16.0. The van der Waals surface area contributed by atoms with E-state index in [0.29, 0.717) is 6.04 Å².